The first-order valence-corrected chi connectivity index (χ1v) is 7.67. The van der Waals surface area contributed by atoms with Crippen molar-refractivity contribution >= 4 is 39.0 Å². The Labute approximate surface area is 126 Å². The molecule has 1 N–H and O–H groups in total. The van der Waals surface area contributed by atoms with Gasteiger partial charge in [-0.15, -0.1) is 0 Å². The molecule has 108 valence electrons. The standard InChI is InChI=1S/C10H11Cl2N5O2S/c1-5-9(6(2)17(3)15-5)20(18,19)16-8-4-7(11)13-10(12)14-8/h4H,1-3H3,(H,13,14,16). The number of nitrogens with zero attached hydrogens (tertiary/aromatic N) is 4. The van der Waals surface area contributed by atoms with E-state index in [-0.39, 0.29) is 21.2 Å². The summed E-state index contributed by atoms with van der Waals surface area (Å²) in [6.07, 6.45) is 0. The summed E-state index contributed by atoms with van der Waals surface area (Å²) in [5.41, 5.74) is 0.907. The topological polar surface area (TPSA) is 89.8 Å². The fraction of sp³-hybridized carbons (Fsp3) is 0.300. The highest BCUT2D eigenvalue weighted by atomic mass is 35.5. The average molecular weight is 336 g/mol. The number of aryl methyl sites for hydroxylation is 2. The maximum atomic E-state index is 12.4. The Morgan fingerprint density at radius 2 is 1.90 bits per heavy atom. The van der Waals surface area contributed by atoms with Crippen molar-refractivity contribution < 1.29 is 8.42 Å². The van der Waals surface area contributed by atoms with Gasteiger partial charge in [-0.25, -0.2) is 13.4 Å². The fourth-order valence-electron chi connectivity index (χ4n) is 1.77. The Balaban J connectivity index is 2.46. The zero-order chi connectivity index (χ0) is 15.1. The molecule has 2 aromatic heterocycles. The van der Waals surface area contributed by atoms with Gasteiger partial charge in [0.05, 0.1) is 11.4 Å². The van der Waals surface area contributed by atoms with Crippen molar-refractivity contribution in [2.24, 2.45) is 7.05 Å². The first-order chi connectivity index (χ1) is 9.20. The first kappa shape index (κ1) is 15.0. The lowest BCUT2D eigenvalue weighted by Gasteiger charge is -2.08. The van der Waals surface area contributed by atoms with Gasteiger partial charge in [0.1, 0.15) is 15.9 Å². The van der Waals surface area contributed by atoms with E-state index in [9.17, 15) is 8.42 Å². The normalized spacial score (nSPS) is 11.7. The van der Waals surface area contributed by atoms with Crippen LogP contribution in [0.15, 0.2) is 11.0 Å². The van der Waals surface area contributed by atoms with Crippen molar-refractivity contribution in [1.29, 1.82) is 0 Å². The first-order valence-electron chi connectivity index (χ1n) is 5.44. The van der Waals surface area contributed by atoms with Gasteiger partial charge in [-0.1, -0.05) is 11.6 Å². The van der Waals surface area contributed by atoms with E-state index in [4.69, 9.17) is 23.2 Å². The third-order valence-corrected chi connectivity index (χ3v) is 4.59. The van der Waals surface area contributed by atoms with Gasteiger partial charge < -0.3 is 0 Å². The van der Waals surface area contributed by atoms with Crippen molar-refractivity contribution in [2.45, 2.75) is 18.7 Å². The van der Waals surface area contributed by atoms with E-state index in [2.05, 4.69) is 19.8 Å². The number of hydrogen-bond acceptors (Lipinski definition) is 5. The smallest absolute Gasteiger partial charge is 0.266 e. The molecule has 0 atom stereocenters. The summed E-state index contributed by atoms with van der Waals surface area (Å²) in [5, 5.41) is 3.97. The highest BCUT2D eigenvalue weighted by Gasteiger charge is 2.24. The predicted molar refractivity (Wildman–Crippen MR) is 75.5 cm³/mol. The maximum Gasteiger partial charge on any atom is 0.266 e. The molecule has 20 heavy (non-hydrogen) atoms. The van der Waals surface area contributed by atoms with Gasteiger partial charge in [0.15, 0.2) is 0 Å². The van der Waals surface area contributed by atoms with E-state index in [1.807, 2.05) is 0 Å². The summed E-state index contributed by atoms with van der Waals surface area (Å²) in [6.45, 7) is 3.27. The van der Waals surface area contributed by atoms with Crippen LogP contribution in [0.3, 0.4) is 0 Å². The van der Waals surface area contributed by atoms with E-state index in [1.165, 1.54) is 10.7 Å². The zero-order valence-electron chi connectivity index (χ0n) is 10.8. The van der Waals surface area contributed by atoms with Gasteiger partial charge in [0.2, 0.25) is 5.28 Å². The molecule has 0 spiro atoms. The molecule has 0 fully saturated rings. The third kappa shape index (κ3) is 2.87. The number of aromatic nitrogens is 4. The summed E-state index contributed by atoms with van der Waals surface area (Å²) in [6, 6.07) is 1.27. The predicted octanol–water partition coefficient (Wildman–Crippen LogP) is 1.93. The number of halogens is 2. The van der Waals surface area contributed by atoms with E-state index in [1.54, 1.807) is 20.9 Å². The van der Waals surface area contributed by atoms with Crippen LogP contribution in [0, 0.1) is 13.8 Å². The summed E-state index contributed by atoms with van der Waals surface area (Å²) < 4.78 is 28.5. The average Bonchev–Trinajstić information content (AvgIpc) is 2.50. The van der Waals surface area contributed by atoms with Gasteiger partial charge in [-0.3, -0.25) is 9.40 Å². The van der Waals surface area contributed by atoms with Crippen LogP contribution in [0.2, 0.25) is 10.4 Å². The number of anilines is 1. The maximum absolute atomic E-state index is 12.4. The Morgan fingerprint density at radius 1 is 1.25 bits per heavy atom. The van der Waals surface area contributed by atoms with Crippen LogP contribution < -0.4 is 4.72 Å². The number of rotatable bonds is 3. The Hall–Kier alpha value is -1.38. The fourth-order valence-corrected chi connectivity index (χ4v) is 3.62. The molecule has 2 rings (SSSR count). The van der Waals surface area contributed by atoms with Crippen molar-refractivity contribution in [3.8, 4) is 0 Å². The lowest BCUT2D eigenvalue weighted by atomic mass is 10.4. The van der Waals surface area contributed by atoms with E-state index >= 15 is 0 Å². The van der Waals surface area contributed by atoms with Crippen molar-refractivity contribution in [3.05, 3.63) is 27.9 Å². The molecule has 0 bridgehead atoms. The van der Waals surface area contributed by atoms with Crippen LogP contribution in [-0.4, -0.2) is 28.2 Å². The molecule has 2 heterocycles. The molecule has 0 saturated heterocycles. The molecule has 0 aliphatic carbocycles. The highest BCUT2D eigenvalue weighted by Crippen LogP contribution is 2.22. The molecule has 0 radical (unpaired) electrons. The Morgan fingerprint density at radius 3 is 2.40 bits per heavy atom. The van der Waals surface area contributed by atoms with Gasteiger partial charge in [-0.05, 0) is 25.4 Å². The SMILES string of the molecule is Cc1nn(C)c(C)c1S(=O)(=O)Nc1cc(Cl)nc(Cl)n1. The molecule has 0 aliphatic heterocycles. The second kappa shape index (κ2) is 5.19. The van der Waals surface area contributed by atoms with Crippen LogP contribution in [-0.2, 0) is 17.1 Å². The second-order valence-corrected chi connectivity index (χ2v) is 6.42. The third-order valence-electron chi connectivity index (χ3n) is 2.62. The lowest BCUT2D eigenvalue weighted by Crippen LogP contribution is -2.16. The minimum Gasteiger partial charge on any atom is -0.271 e. The summed E-state index contributed by atoms with van der Waals surface area (Å²) in [7, 11) is -2.16. The molecular formula is C10H11Cl2N5O2S. The van der Waals surface area contributed by atoms with E-state index < -0.39 is 10.0 Å². The molecular weight excluding hydrogens is 325 g/mol. The highest BCUT2D eigenvalue weighted by molar-refractivity contribution is 7.92. The van der Waals surface area contributed by atoms with Crippen molar-refractivity contribution in [1.82, 2.24) is 19.7 Å². The molecule has 0 aliphatic rings. The lowest BCUT2D eigenvalue weighted by molar-refractivity contribution is 0.599. The van der Waals surface area contributed by atoms with Crippen molar-refractivity contribution in [3.63, 3.8) is 0 Å². The molecule has 7 nitrogen and oxygen atoms in total. The number of nitrogens with one attached hydrogen (secondary N) is 1. The van der Waals surface area contributed by atoms with Crippen LogP contribution >= 0.6 is 23.2 Å². The molecule has 0 amide bonds. The minimum absolute atomic E-state index is 0.00217. The van der Waals surface area contributed by atoms with Crippen molar-refractivity contribution in [2.75, 3.05) is 4.72 Å². The van der Waals surface area contributed by atoms with E-state index in [0.717, 1.165) is 0 Å². The van der Waals surface area contributed by atoms with Gasteiger partial charge >= 0.3 is 0 Å². The quantitative estimate of drug-likeness (QED) is 0.683. The molecule has 0 unspecified atom stereocenters. The van der Waals surface area contributed by atoms with Crippen LogP contribution in [0.5, 0.6) is 0 Å². The van der Waals surface area contributed by atoms with Crippen LogP contribution in [0.1, 0.15) is 11.4 Å². The van der Waals surface area contributed by atoms with E-state index in [0.29, 0.717) is 11.4 Å². The van der Waals surface area contributed by atoms with Gasteiger partial charge in [0, 0.05) is 13.1 Å². The van der Waals surface area contributed by atoms with Gasteiger partial charge in [-0.2, -0.15) is 10.1 Å². The molecule has 10 heteroatoms. The monoisotopic (exact) mass is 335 g/mol. The van der Waals surface area contributed by atoms with Crippen LogP contribution in [0.25, 0.3) is 0 Å². The number of sulfonamides is 1. The summed E-state index contributed by atoms with van der Waals surface area (Å²) >= 11 is 11.3. The zero-order valence-corrected chi connectivity index (χ0v) is 13.2. The number of hydrogen-bond donors (Lipinski definition) is 1. The Kier molecular flexibility index (Phi) is 3.90. The second-order valence-electron chi connectivity index (χ2n) is 4.07. The summed E-state index contributed by atoms with van der Waals surface area (Å²) in [5.74, 6) is -0.00217. The summed E-state index contributed by atoms with van der Waals surface area (Å²) in [4.78, 5) is 7.51. The Bertz CT molecular complexity index is 752. The molecule has 0 saturated carbocycles. The minimum atomic E-state index is -3.83. The molecule has 2 aromatic rings. The van der Waals surface area contributed by atoms with Crippen LogP contribution in [0.4, 0.5) is 5.82 Å². The molecule has 0 aromatic carbocycles. The van der Waals surface area contributed by atoms with Gasteiger partial charge in [0.25, 0.3) is 10.0 Å². The largest absolute Gasteiger partial charge is 0.271 e.